The maximum Gasteiger partial charge on any atom is 0.0195 e. The Morgan fingerprint density at radius 2 is 1.70 bits per heavy atom. The molecule has 20 heavy (non-hydrogen) atoms. The molecule has 0 N–H and O–H groups in total. The molecular formula is C16H30N3V-. The van der Waals surface area contributed by atoms with E-state index in [4.69, 9.17) is 0 Å². The van der Waals surface area contributed by atoms with E-state index < -0.39 is 0 Å². The predicted octanol–water partition coefficient (Wildman–Crippen LogP) is 2.57. The molecule has 1 atom stereocenters. The maximum atomic E-state index is 4.35. The van der Waals surface area contributed by atoms with Crippen molar-refractivity contribution in [3.05, 3.63) is 5.32 Å². The first kappa shape index (κ1) is 16.8. The van der Waals surface area contributed by atoms with Gasteiger partial charge in [-0.3, -0.25) is 9.80 Å². The van der Waals surface area contributed by atoms with Crippen molar-refractivity contribution in [2.45, 2.75) is 51.6 Å². The number of nitrogens with zero attached hydrogens (tertiary/aromatic N) is 3. The molecule has 0 bridgehead atoms. The molecule has 3 rings (SSSR count). The zero-order chi connectivity index (χ0) is 13.2. The van der Waals surface area contributed by atoms with Gasteiger partial charge in [0.15, 0.2) is 0 Å². The number of rotatable bonds is 3. The van der Waals surface area contributed by atoms with Gasteiger partial charge in [0.05, 0.1) is 0 Å². The van der Waals surface area contributed by atoms with Gasteiger partial charge in [-0.15, -0.1) is 13.1 Å². The fourth-order valence-corrected chi connectivity index (χ4v) is 3.99. The van der Waals surface area contributed by atoms with Crippen LogP contribution in [0.3, 0.4) is 0 Å². The summed E-state index contributed by atoms with van der Waals surface area (Å²) in [6.45, 7) is 12.2. The SMILES string of the molecule is CC1CCC(N2CCN(CC3C[N-]C3)C(C)C2)CC1.[V]. The van der Waals surface area contributed by atoms with Gasteiger partial charge < -0.3 is 5.32 Å². The Morgan fingerprint density at radius 1 is 1.00 bits per heavy atom. The summed E-state index contributed by atoms with van der Waals surface area (Å²) in [6, 6.07) is 1.63. The molecule has 2 saturated heterocycles. The Morgan fingerprint density at radius 3 is 2.25 bits per heavy atom. The fraction of sp³-hybridized carbons (Fsp3) is 1.00. The number of piperazine rings is 1. The zero-order valence-corrected chi connectivity index (χ0v) is 14.6. The molecule has 115 valence electrons. The smallest absolute Gasteiger partial charge is 0.0195 e. The van der Waals surface area contributed by atoms with Crippen molar-refractivity contribution in [1.29, 1.82) is 0 Å². The summed E-state index contributed by atoms with van der Waals surface area (Å²) in [6.07, 6.45) is 5.77. The van der Waals surface area contributed by atoms with Crippen LogP contribution in [0.25, 0.3) is 5.32 Å². The van der Waals surface area contributed by atoms with E-state index in [9.17, 15) is 0 Å². The van der Waals surface area contributed by atoms with E-state index in [0.29, 0.717) is 0 Å². The second-order valence-electron chi connectivity index (χ2n) is 7.21. The molecule has 1 aliphatic carbocycles. The molecule has 3 aliphatic rings. The summed E-state index contributed by atoms with van der Waals surface area (Å²) >= 11 is 0. The van der Waals surface area contributed by atoms with Gasteiger partial charge in [-0.1, -0.05) is 12.8 Å². The molecular weight excluding hydrogens is 285 g/mol. The Labute approximate surface area is 136 Å². The molecule has 3 nitrogen and oxygen atoms in total. The standard InChI is InChI=1S/C16H30N3.V/c1-13-3-5-16(6-4-13)19-8-7-18(14(2)11-19)12-15-9-17-10-15;/h13-16H,3-12H2,1-2H3;/q-1;. The summed E-state index contributed by atoms with van der Waals surface area (Å²) in [7, 11) is 0. The van der Waals surface area contributed by atoms with Crippen LogP contribution < -0.4 is 0 Å². The molecule has 0 spiro atoms. The van der Waals surface area contributed by atoms with Crippen LogP contribution in [0.2, 0.25) is 0 Å². The van der Waals surface area contributed by atoms with Gasteiger partial charge in [0.1, 0.15) is 0 Å². The first-order chi connectivity index (χ1) is 9.22. The molecule has 1 unspecified atom stereocenters. The normalized spacial score (nSPS) is 37.2. The molecule has 1 radical (unpaired) electrons. The van der Waals surface area contributed by atoms with Crippen molar-refractivity contribution in [3.8, 4) is 0 Å². The van der Waals surface area contributed by atoms with Crippen LogP contribution in [-0.4, -0.2) is 61.2 Å². The van der Waals surface area contributed by atoms with Gasteiger partial charge >= 0.3 is 0 Å². The van der Waals surface area contributed by atoms with Gasteiger partial charge in [-0.2, -0.15) is 0 Å². The quantitative estimate of drug-likeness (QED) is 0.798. The van der Waals surface area contributed by atoms with Crippen molar-refractivity contribution in [3.63, 3.8) is 0 Å². The molecule has 2 heterocycles. The molecule has 4 heteroatoms. The summed E-state index contributed by atoms with van der Waals surface area (Å²) in [5, 5.41) is 4.35. The molecule has 0 amide bonds. The van der Waals surface area contributed by atoms with E-state index in [2.05, 4.69) is 29.0 Å². The summed E-state index contributed by atoms with van der Waals surface area (Å²) in [4.78, 5) is 5.50. The Bertz CT molecular complexity index is 287. The van der Waals surface area contributed by atoms with Gasteiger partial charge in [-0.25, -0.2) is 0 Å². The van der Waals surface area contributed by atoms with Crippen molar-refractivity contribution in [1.82, 2.24) is 9.80 Å². The summed E-state index contributed by atoms with van der Waals surface area (Å²) in [5.41, 5.74) is 0. The molecule has 1 saturated carbocycles. The van der Waals surface area contributed by atoms with Gasteiger partial charge in [-0.05, 0) is 45.1 Å². The second-order valence-corrected chi connectivity index (χ2v) is 7.21. The summed E-state index contributed by atoms with van der Waals surface area (Å²) < 4.78 is 0. The third-order valence-electron chi connectivity index (χ3n) is 5.57. The van der Waals surface area contributed by atoms with Crippen LogP contribution in [0.1, 0.15) is 39.5 Å². The molecule has 3 fully saturated rings. The van der Waals surface area contributed by atoms with Crippen molar-refractivity contribution in [2.24, 2.45) is 11.8 Å². The Hall–Kier alpha value is 0.464. The Kier molecular flexibility index (Phi) is 6.43. The predicted molar refractivity (Wildman–Crippen MR) is 80.6 cm³/mol. The zero-order valence-electron chi connectivity index (χ0n) is 13.2. The van der Waals surface area contributed by atoms with Gasteiger partial charge in [0, 0.05) is 50.3 Å². The molecule has 0 aromatic carbocycles. The minimum absolute atomic E-state index is 0. The Balaban J connectivity index is 0.00000147. The van der Waals surface area contributed by atoms with E-state index in [1.165, 1.54) is 51.9 Å². The average Bonchev–Trinajstić information content (AvgIpc) is 2.36. The largest absolute Gasteiger partial charge is 0.662 e. The van der Waals surface area contributed by atoms with Crippen LogP contribution in [0, 0.1) is 11.8 Å². The van der Waals surface area contributed by atoms with Crippen LogP contribution in [0.5, 0.6) is 0 Å². The third-order valence-corrected chi connectivity index (χ3v) is 5.57. The molecule has 2 aliphatic heterocycles. The van der Waals surface area contributed by atoms with E-state index >= 15 is 0 Å². The van der Waals surface area contributed by atoms with E-state index in [1.54, 1.807) is 0 Å². The van der Waals surface area contributed by atoms with E-state index in [-0.39, 0.29) is 18.6 Å². The first-order valence-electron chi connectivity index (χ1n) is 8.33. The average molecular weight is 315 g/mol. The monoisotopic (exact) mass is 315 g/mol. The van der Waals surface area contributed by atoms with Crippen LogP contribution in [0.4, 0.5) is 0 Å². The van der Waals surface area contributed by atoms with Crippen molar-refractivity contribution in [2.75, 3.05) is 39.3 Å². The molecule has 0 aromatic heterocycles. The number of hydrogen-bond donors (Lipinski definition) is 0. The first-order valence-corrected chi connectivity index (χ1v) is 8.33. The third kappa shape index (κ3) is 4.01. The minimum atomic E-state index is 0. The molecule has 0 aromatic rings. The van der Waals surface area contributed by atoms with Crippen LogP contribution >= 0.6 is 0 Å². The second kappa shape index (κ2) is 7.64. The van der Waals surface area contributed by atoms with Crippen molar-refractivity contribution >= 4 is 0 Å². The van der Waals surface area contributed by atoms with E-state index in [1.807, 2.05) is 0 Å². The topological polar surface area (TPSA) is 20.6 Å². The van der Waals surface area contributed by atoms with E-state index in [0.717, 1.165) is 37.0 Å². The number of hydrogen-bond acceptors (Lipinski definition) is 2. The van der Waals surface area contributed by atoms with Crippen molar-refractivity contribution < 1.29 is 18.6 Å². The van der Waals surface area contributed by atoms with Crippen LogP contribution in [-0.2, 0) is 18.6 Å². The minimum Gasteiger partial charge on any atom is -0.662 e. The maximum absolute atomic E-state index is 4.35. The van der Waals surface area contributed by atoms with Gasteiger partial charge in [0.25, 0.3) is 0 Å². The fourth-order valence-electron chi connectivity index (χ4n) is 3.99. The summed E-state index contributed by atoms with van der Waals surface area (Å²) in [5.74, 6) is 1.84. The van der Waals surface area contributed by atoms with Crippen LogP contribution in [0.15, 0.2) is 0 Å². The van der Waals surface area contributed by atoms with Gasteiger partial charge in [0.2, 0.25) is 0 Å².